The van der Waals surface area contributed by atoms with E-state index < -0.39 is 0 Å². The summed E-state index contributed by atoms with van der Waals surface area (Å²) in [5.41, 5.74) is 7.64. The number of hydrogen-bond acceptors (Lipinski definition) is 3. The lowest BCUT2D eigenvalue weighted by Crippen LogP contribution is -2.26. The molecule has 2 N–H and O–H groups in total. The van der Waals surface area contributed by atoms with E-state index in [1.54, 1.807) is 31.0 Å². The first-order chi connectivity index (χ1) is 9.40. The molecule has 0 saturated heterocycles. The molecule has 104 valence electrons. The lowest BCUT2D eigenvalue weighted by atomic mass is 10.1. The van der Waals surface area contributed by atoms with Gasteiger partial charge in [-0.05, 0) is 32.0 Å². The zero-order valence-electron chi connectivity index (χ0n) is 11.6. The number of anilines is 1. The third-order valence-electron chi connectivity index (χ3n) is 3.09. The summed E-state index contributed by atoms with van der Waals surface area (Å²) in [6.45, 7) is 3.59. The van der Waals surface area contributed by atoms with Gasteiger partial charge in [0.25, 0.3) is 5.91 Å². The number of nitrogens with zero attached hydrogens (tertiary/aromatic N) is 1. The Kier molecular flexibility index (Phi) is 3.90. The molecule has 4 nitrogen and oxygen atoms in total. The van der Waals surface area contributed by atoms with Crippen LogP contribution in [-0.4, -0.2) is 17.9 Å². The molecule has 0 bridgehead atoms. The fourth-order valence-corrected chi connectivity index (χ4v) is 2.14. The Labute approximate surface area is 123 Å². The van der Waals surface area contributed by atoms with Crippen molar-refractivity contribution in [2.75, 3.05) is 11.9 Å². The lowest BCUT2D eigenvalue weighted by Gasteiger charge is -2.17. The highest BCUT2D eigenvalue weighted by Crippen LogP contribution is 2.21. The molecule has 0 aliphatic rings. The molecule has 0 spiro atoms. The number of carbonyl (C=O) groups excluding carboxylic acids is 1. The van der Waals surface area contributed by atoms with Crippen molar-refractivity contribution in [1.29, 1.82) is 0 Å². The van der Waals surface area contributed by atoms with Gasteiger partial charge in [-0.2, -0.15) is 0 Å². The Hall–Kier alpha value is -2.14. The van der Waals surface area contributed by atoms with Gasteiger partial charge in [-0.1, -0.05) is 24.4 Å². The van der Waals surface area contributed by atoms with E-state index in [1.807, 2.05) is 25.1 Å². The monoisotopic (exact) mass is 288 g/mol. The molecule has 1 aromatic carbocycles. The normalized spacial score (nSPS) is 10.3. The minimum atomic E-state index is -0.126. The lowest BCUT2D eigenvalue weighted by molar-refractivity contribution is 0.0991. The van der Waals surface area contributed by atoms with Crippen LogP contribution in [0.2, 0.25) is 0 Å². The van der Waals surface area contributed by atoms with E-state index in [4.69, 9.17) is 22.4 Å². The van der Waals surface area contributed by atoms with Gasteiger partial charge >= 0.3 is 0 Å². The molecular formula is C15H16N2O2S. The first-order valence-corrected chi connectivity index (χ1v) is 6.56. The SMILES string of the molecule is Cc1cc(C(=O)N(C)c2cccc(C(N)=S)c2)c(C)o1. The van der Waals surface area contributed by atoms with Crippen molar-refractivity contribution < 1.29 is 9.21 Å². The second kappa shape index (κ2) is 5.46. The van der Waals surface area contributed by atoms with E-state index in [-0.39, 0.29) is 5.91 Å². The summed E-state index contributed by atoms with van der Waals surface area (Å²) >= 11 is 4.95. The van der Waals surface area contributed by atoms with Gasteiger partial charge in [0.05, 0.1) is 5.56 Å². The van der Waals surface area contributed by atoms with Crippen molar-refractivity contribution in [1.82, 2.24) is 0 Å². The number of carbonyl (C=O) groups is 1. The van der Waals surface area contributed by atoms with Gasteiger partial charge in [-0.3, -0.25) is 4.79 Å². The number of furan rings is 1. The molecule has 5 heteroatoms. The van der Waals surface area contributed by atoms with Gasteiger partial charge in [0.1, 0.15) is 16.5 Å². The minimum Gasteiger partial charge on any atom is -0.466 e. The van der Waals surface area contributed by atoms with Gasteiger partial charge < -0.3 is 15.1 Å². The highest BCUT2D eigenvalue weighted by Gasteiger charge is 2.19. The number of nitrogens with two attached hydrogens (primary N) is 1. The topological polar surface area (TPSA) is 59.5 Å². The Morgan fingerprint density at radius 1 is 1.30 bits per heavy atom. The van der Waals surface area contributed by atoms with E-state index in [0.29, 0.717) is 16.3 Å². The molecule has 2 aromatic rings. The van der Waals surface area contributed by atoms with Crippen LogP contribution in [0.5, 0.6) is 0 Å². The number of aryl methyl sites for hydroxylation is 2. The molecule has 1 heterocycles. The molecule has 0 aliphatic carbocycles. The molecule has 0 saturated carbocycles. The second-order valence-electron chi connectivity index (χ2n) is 4.61. The Morgan fingerprint density at radius 2 is 2.00 bits per heavy atom. The molecule has 0 atom stereocenters. The van der Waals surface area contributed by atoms with Crippen LogP contribution in [0.15, 0.2) is 34.7 Å². The highest BCUT2D eigenvalue weighted by molar-refractivity contribution is 7.80. The maximum Gasteiger partial charge on any atom is 0.261 e. The van der Waals surface area contributed by atoms with Gasteiger partial charge in [0, 0.05) is 18.3 Å². The van der Waals surface area contributed by atoms with Gasteiger partial charge in [-0.25, -0.2) is 0 Å². The highest BCUT2D eigenvalue weighted by atomic mass is 32.1. The molecule has 20 heavy (non-hydrogen) atoms. The average Bonchev–Trinajstić information content (AvgIpc) is 2.76. The molecule has 0 fully saturated rings. The van der Waals surface area contributed by atoms with Crippen molar-refractivity contribution in [3.05, 3.63) is 53.0 Å². The fraction of sp³-hybridized carbons (Fsp3) is 0.200. The van der Waals surface area contributed by atoms with Gasteiger partial charge in [-0.15, -0.1) is 0 Å². The van der Waals surface area contributed by atoms with Crippen molar-refractivity contribution in [2.45, 2.75) is 13.8 Å². The van der Waals surface area contributed by atoms with Gasteiger partial charge in [0.15, 0.2) is 0 Å². The first kappa shape index (κ1) is 14.3. The standard InChI is InChI=1S/C15H16N2O2S/c1-9-7-13(10(2)19-9)15(18)17(3)12-6-4-5-11(8-12)14(16)20/h4-8H,1-3H3,(H2,16,20). The number of benzene rings is 1. The predicted octanol–water partition coefficient (Wildman–Crippen LogP) is 2.81. The second-order valence-corrected chi connectivity index (χ2v) is 5.05. The number of hydrogen-bond donors (Lipinski definition) is 1. The van der Waals surface area contributed by atoms with Crippen LogP contribution in [0, 0.1) is 13.8 Å². The number of thiocarbonyl (C=S) groups is 1. The van der Waals surface area contributed by atoms with Crippen LogP contribution in [-0.2, 0) is 0 Å². The molecule has 1 aromatic heterocycles. The molecule has 2 rings (SSSR count). The van der Waals surface area contributed by atoms with E-state index in [2.05, 4.69) is 0 Å². The quantitative estimate of drug-likeness (QED) is 0.882. The van der Waals surface area contributed by atoms with E-state index >= 15 is 0 Å². The third kappa shape index (κ3) is 2.72. The summed E-state index contributed by atoms with van der Waals surface area (Å²) in [4.78, 5) is 14.3. The number of rotatable bonds is 3. The van der Waals surface area contributed by atoms with Gasteiger partial charge in [0.2, 0.25) is 0 Å². The maximum absolute atomic E-state index is 12.5. The first-order valence-electron chi connectivity index (χ1n) is 6.15. The third-order valence-corrected chi connectivity index (χ3v) is 3.33. The summed E-state index contributed by atoms with van der Waals surface area (Å²) in [7, 11) is 1.71. The largest absolute Gasteiger partial charge is 0.466 e. The average molecular weight is 288 g/mol. The molecule has 0 unspecified atom stereocenters. The van der Waals surface area contributed by atoms with Crippen molar-refractivity contribution in [2.24, 2.45) is 5.73 Å². The molecule has 0 aliphatic heterocycles. The summed E-state index contributed by atoms with van der Waals surface area (Å²) in [6.07, 6.45) is 0. The van der Waals surface area contributed by atoms with Crippen LogP contribution >= 0.6 is 12.2 Å². The zero-order valence-corrected chi connectivity index (χ0v) is 12.5. The maximum atomic E-state index is 12.5. The zero-order chi connectivity index (χ0) is 14.9. The van der Waals surface area contributed by atoms with Crippen molar-refractivity contribution >= 4 is 28.8 Å². The Bertz CT molecular complexity index is 676. The smallest absolute Gasteiger partial charge is 0.261 e. The van der Waals surface area contributed by atoms with Crippen molar-refractivity contribution in [3.8, 4) is 0 Å². The molecular weight excluding hydrogens is 272 g/mol. The van der Waals surface area contributed by atoms with E-state index in [9.17, 15) is 4.79 Å². The summed E-state index contributed by atoms with van der Waals surface area (Å²) < 4.78 is 5.40. The number of amides is 1. The van der Waals surface area contributed by atoms with E-state index in [0.717, 1.165) is 17.0 Å². The summed E-state index contributed by atoms with van der Waals surface area (Å²) in [6, 6.07) is 9.01. The van der Waals surface area contributed by atoms with E-state index in [1.165, 1.54) is 0 Å². The van der Waals surface area contributed by atoms with Crippen molar-refractivity contribution in [3.63, 3.8) is 0 Å². The molecule has 1 amide bonds. The van der Waals surface area contributed by atoms with Crippen LogP contribution in [0.1, 0.15) is 27.4 Å². The summed E-state index contributed by atoms with van der Waals surface area (Å²) in [5, 5.41) is 0. The fourth-order valence-electron chi connectivity index (χ4n) is 2.01. The molecule has 0 radical (unpaired) electrons. The summed E-state index contributed by atoms with van der Waals surface area (Å²) in [5.74, 6) is 1.21. The predicted molar refractivity (Wildman–Crippen MR) is 83.2 cm³/mol. The van der Waals surface area contributed by atoms with Crippen LogP contribution in [0.25, 0.3) is 0 Å². The Morgan fingerprint density at radius 3 is 2.55 bits per heavy atom. The Balaban J connectivity index is 2.33. The van der Waals surface area contributed by atoms with Crippen LogP contribution < -0.4 is 10.6 Å². The van der Waals surface area contributed by atoms with Crippen LogP contribution in [0.4, 0.5) is 5.69 Å². The minimum absolute atomic E-state index is 0.126. The van der Waals surface area contributed by atoms with Crippen LogP contribution in [0.3, 0.4) is 0 Å².